The normalized spacial score (nSPS) is 11.8. The van der Waals surface area contributed by atoms with Crippen molar-refractivity contribution in [2.45, 2.75) is 31.7 Å². The third-order valence-electron chi connectivity index (χ3n) is 4.39. The van der Waals surface area contributed by atoms with Gasteiger partial charge in [-0.2, -0.15) is 0 Å². The summed E-state index contributed by atoms with van der Waals surface area (Å²) in [6.07, 6.45) is -0.417. The molecule has 1 heterocycles. The molecule has 1 unspecified atom stereocenters. The summed E-state index contributed by atoms with van der Waals surface area (Å²) in [5.74, 6) is 1.56. The number of carbonyl (C=O) groups is 1. The van der Waals surface area contributed by atoms with Gasteiger partial charge in [-0.05, 0) is 50.2 Å². The summed E-state index contributed by atoms with van der Waals surface area (Å²) in [4.78, 5) is 12.5. The van der Waals surface area contributed by atoms with Crippen LogP contribution in [0, 0.1) is 0 Å². The first-order valence-corrected chi connectivity index (χ1v) is 11.7. The Morgan fingerprint density at radius 1 is 1.12 bits per heavy atom. The number of halogens is 3. The quantitative estimate of drug-likeness (QED) is 0.345. The zero-order valence-electron chi connectivity index (χ0n) is 17.6. The van der Waals surface area contributed by atoms with Crippen LogP contribution in [0.5, 0.6) is 11.5 Å². The van der Waals surface area contributed by atoms with Gasteiger partial charge < -0.3 is 19.4 Å². The highest BCUT2D eigenvalue weighted by Gasteiger charge is 2.20. The molecule has 11 heteroatoms. The molecule has 0 bridgehead atoms. The standard InChI is InChI=1S/C21H21Cl3N4O3S/c1-4-28-20(12(2)31-17-7-5-13(22)9-15(17)24)26-27-21(28)32-11-19(29)25-16-10-14(23)6-8-18(16)30-3/h5-10,12H,4,11H2,1-3H3,(H,25,29). The molecule has 3 rings (SSSR count). The van der Waals surface area contributed by atoms with E-state index in [4.69, 9.17) is 44.3 Å². The Morgan fingerprint density at radius 2 is 1.81 bits per heavy atom. The monoisotopic (exact) mass is 514 g/mol. The van der Waals surface area contributed by atoms with Crippen LogP contribution in [0.15, 0.2) is 41.6 Å². The predicted molar refractivity (Wildman–Crippen MR) is 129 cm³/mol. The SMILES string of the molecule is CCn1c(SCC(=O)Nc2cc(Cl)ccc2OC)nnc1C(C)Oc1ccc(Cl)cc1Cl. The predicted octanol–water partition coefficient (Wildman–Crippen LogP) is 6.14. The van der Waals surface area contributed by atoms with Crippen molar-refractivity contribution in [3.05, 3.63) is 57.3 Å². The molecule has 0 fully saturated rings. The number of benzene rings is 2. The van der Waals surface area contributed by atoms with Crippen LogP contribution in [-0.4, -0.2) is 33.5 Å². The van der Waals surface area contributed by atoms with E-state index in [0.29, 0.717) is 49.8 Å². The van der Waals surface area contributed by atoms with Crippen LogP contribution in [0.4, 0.5) is 5.69 Å². The summed E-state index contributed by atoms with van der Waals surface area (Å²) in [6.45, 7) is 4.43. The second-order valence-electron chi connectivity index (χ2n) is 6.60. The Kier molecular flexibility index (Phi) is 8.53. The fraction of sp³-hybridized carbons (Fsp3) is 0.286. The van der Waals surface area contributed by atoms with Gasteiger partial charge in [0.15, 0.2) is 17.1 Å². The van der Waals surface area contributed by atoms with Gasteiger partial charge in [0.1, 0.15) is 11.5 Å². The second kappa shape index (κ2) is 11.1. The molecular weight excluding hydrogens is 495 g/mol. The minimum Gasteiger partial charge on any atom is -0.495 e. The average molecular weight is 516 g/mol. The van der Waals surface area contributed by atoms with E-state index in [1.54, 1.807) is 36.4 Å². The summed E-state index contributed by atoms with van der Waals surface area (Å²) in [5, 5.41) is 13.3. The molecule has 0 aliphatic heterocycles. The zero-order chi connectivity index (χ0) is 23.3. The number of carbonyl (C=O) groups excluding carboxylic acids is 1. The van der Waals surface area contributed by atoms with E-state index in [-0.39, 0.29) is 11.7 Å². The molecule has 7 nitrogen and oxygen atoms in total. The topological polar surface area (TPSA) is 78.3 Å². The van der Waals surface area contributed by atoms with Gasteiger partial charge in [-0.3, -0.25) is 4.79 Å². The first-order valence-electron chi connectivity index (χ1n) is 9.63. The number of amides is 1. The van der Waals surface area contributed by atoms with Crippen molar-refractivity contribution in [2.24, 2.45) is 0 Å². The van der Waals surface area contributed by atoms with Crippen molar-refractivity contribution in [1.29, 1.82) is 0 Å². The molecular formula is C21H21Cl3N4O3S. The molecule has 0 spiro atoms. The third-order valence-corrected chi connectivity index (χ3v) is 6.12. The summed E-state index contributed by atoms with van der Waals surface area (Å²) < 4.78 is 13.1. The number of ether oxygens (including phenoxy) is 2. The maximum absolute atomic E-state index is 12.5. The summed E-state index contributed by atoms with van der Waals surface area (Å²) in [5.41, 5.74) is 0.505. The van der Waals surface area contributed by atoms with E-state index < -0.39 is 6.10 Å². The number of hydrogen-bond donors (Lipinski definition) is 1. The fourth-order valence-corrected chi connectivity index (χ4v) is 4.35. The molecule has 2 aromatic carbocycles. The number of methoxy groups -OCH3 is 1. The third kappa shape index (κ3) is 6.01. The van der Waals surface area contributed by atoms with Crippen LogP contribution in [0.2, 0.25) is 15.1 Å². The summed E-state index contributed by atoms with van der Waals surface area (Å²) >= 11 is 19.4. The first kappa shape index (κ1) is 24.5. The lowest BCUT2D eigenvalue weighted by Gasteiger charge is -2.16. The minimum atomic E-state index is -0.417. The molecule has 3 aromatic rings. The average Bonchev–Trinajstić information content (AvgIpc) is 3.17. The Hall–Kier alpha value is -2.13. The number of aromatic nitrogens is 3. The lowest BCUT2D eigenvalue weighted by molar-refractivity contribution is -0.113. The number of thioether (sulfide) groups is 1. The first-order chi connectivity index (χ1) is 15.3. The van der Waals surface area contributed by atoms with Crippen LogP contribution in [0.1, 0.15) is 25.8 Å². The maximum Gasteiger partial charge on any atom is 0.234 e. The van der Waals surface area contributed by atoms with Gasteiger partial charge in [0, 0.05) is 16.6 Å². The Labute approximate surface area is 205 Å². The Bertz CT molecular complexity index is 1110. The summed E-state index contributed by atoms with van der Waals surface area (Å²) in [6, 6.07) is 10.0. The second-order valence-corrected chi connectivity index (χ2v) is 8.82. The van der Waals surface area contributed by atoms with E-state index >= 15 is 0 Å². The molecule has 0 aliphatic carbocycles. The number of anilines is 1. The molecule has 170 valence electrons. The molecule has 0 aliphatic rings. The van der Waals surface area contributed by atoms with Crippen LogP contribution < -0.4 is 14.8 Å². The minimum absolute atomic E-state index is 0.131. The van der Waals surface area contributed by atoms with Gasteiger partial charge in [-0.25, -0.2) is 0 Å². The molecule has 1 aromatic heterocycles. The zero-order valence-corrected chi connectivity index (χ0v) is 20.6. The van der Waals surface area contributed by atoms with Crippen molar-refractivity contribution < 1.29 is 14.3 Å². The van der Waals surface area contributed by atoms with Crippen LogP contribution in [0.3, 0.4) is 0 Å². The van der Waals surface area contributed by atoms with Gasteiger partial charge in [0.05, 0.1) is 23.6 Å². The van der Waals surface area contributed by atoms with Gasteiger partial charge in [-0.15, -0.1) is 10.2 Å². The van der Waals surface area contributed by atoms with Crippen LogP contribution in [0.25, 0.3) is 0 Å². The smallest absolute Gasteiger partial charge is 0.234 e. The van der Waals surface area contributed by atoms with E-state index in [1.165, 1.54) is 18.9 Å². The highest BCUT2D eigenvalue weighted by molar-refractivity contribution is 7.99. The summed E-state index contributed by atoms with van der Waals surface area (Å²) in [7, 11) is 1.53. The van der Waals surface area contributed by atoms with Gasteiger partial charge in [-0.1, -0.05) is 46.6 Å². The molecule has 1 atom stereocenters. The Morgan fingerprint density at radius 3 is 2.47 bits per heavy atom. The highest BCUT2D eigenvalue weighted by Crippen LogP contribution is 2.32. The molecule has 0 saturated carbocycles. The maximum atomic E-state index is 12.5. The van der Waals surface area contributed by atoms with Crippen molar-refractivity contribution in [3.8, 4) is 11.5 Å². The van der Waals surface area contributed by atoms with Crippen molar-refractivity contribution in [2.75, 3.05) is 18.2 Å². The number of nitrogens with one attached hydrogen (secondary N) is 1. The van der Waals surface area contributed by atoms with Crippen LogP contribution in [-0.2, 0) is 11.3 Å². The molecule has 1 amide bonds. The van der Waals surface area contributed by atoms with E-state index in [1.807, 2.05) is 18.4 Å². The van der Waals surface area contributed by atoms with E-state index in [0.717, 1.165) is 0 Å². The van der Waals surface area contributed by atoms with Gasteiger partial charge in [0.25, 0.3) is 0 Å². The van der Waals surface area contributed by atoms with Crippen molar-refractivity contribution in [3.63, 3.8) is 0 Å². The number of hydrogen-bond acceptors (Lipinski definition) is 6. The lowest BCUT2D eigenvalue weighted by Crippen LogP contribution is -2.16. The number of nitrogens with zero attached hydrogens (tertiary/aromatic N) is 3. The van der Waals surface area contributed by atoms with Crippen LogP contribution >= 0.6 is 46.6 Å². The fourth-order valence-electron chi connectivity index (χ4n) is 2.91. The van der Waals surface area contributed by atoms with Gasteiger partial charge >= 0.3 is 0 Å². The van der Waals surface area contributed by atoms with E-state index in [9.17, 15) is 4.79 Å². The van der Waals surface area contributed by atoms with Crippen molar-refractivity contribution in [1.82, 2.24) is 14.8 Å². The highest BCUT2D eigenvalue weighted by atomic mass is 35.5. The molecule has 0 saturated heterocycles. The van der Waals surface area contributed by atoms with E-state index in [2.05, 4.69) is 15.5 Å². The lowest BCUT2D eigenvalue weighted by atomic mass is 10.3. The molecule has 1 N–H and O–H groups in total. The van der Waals surface area contributed by atoms with Gasteiger partial charge in [0.2, 0.25) is 5.91 Å². The Balaban J connectivity index is 1.67. The largest absolute Gasteiger partial charge is 0.495 e. The molecule has 0 radical (unpaired) electrons. The number of rotatable bonds is 9. The molecule has 32 heavy (non-hydrogen) atoms. The van der Waals surface area contributed by atoms with Crippen molar-refractivity contribution >= 4 is 58.2 Å².